The molecule has 22 heavy (non-hydrogen) atoms. The van der Waals surface area contributed by atoms with Crippen molar-refractivity contribution in [2.24, 2.45) is 0 Å². The van der Waals surface area contributed by atoms with Gasteiger partial charge in [-0.15, -0.1) is 0 Å². The van der Waals surface area contributed by atoms with Crippen LogP contribution in [-0.2, 0) is 17.9 Å². The van der Waals surface area contributed by atoms with Crippen LogP contribution in [0.25, 0.3) is 11.0 Å². The first-order valence-corrected chi connectivity index (χ1v) is 7.42. The fourth-order valence-electron chi connectivity index (χ4n) is 2.54. The maximum atomic E-state index is 12.3. The topological polar surface area (TPSA) is 38.1 Å². The van der Waals surface area contributed by atoms with Crippen LogP contribution >= 0.6 is 0 Å². The van der Waals surface area contributed by atoms with E-state index in [4.69, 9.17) is 0 Å². The summed E-state index contributed by atoms with van der Waals surface area (Å²) in [6.07, 6.45) is 2.28. The van der Waals surface area contributed by atoms with Crippen LogP contribution in [0.1, 0.15) is 12.0 Å². The molecule has 0 unspecified atom stereocenters. The molecule has 1 heterocycles. The van der Waals surface area contributed by atoms with Crippen molar-refractivity contribution in [3.05, 3.63) is 66.5 Å². The summed E-state index contributed by atoms with van der Waals surface area (Å²) in [5, 5.41) is 0. The predicted molar refractivity (Wildman–Crippen MR) is 87.3 cm³/mol. The van der Waals surface area contributed by atoms with Crippen LogP contribution in [0.5, 0.6) is 0 Å². The Balaban J connectivity index is 1.60. The maximum Gasteiger partial charge on any atom is 0.224 e. The van der Waals surface area contributed by atoms with Gasteiger partial charge in [0.2, 0.25) is 5.91 Å². The molecule has 0 N–H and O–H groups in total. The van der Waals surface area contributed by atoms with Crippen LogP contribution in [0.15, 0.2) is 60.9 Å². The molecule has 0 aliphatic rings. The second kappa shape index (κ2) is 6.43. The first kappa shape index (κ1) is 14.3. The van der Waals surface area contributed by atoms with Crippen LogP contribution in [0, 0.1) is 0 Å². The molecule has 2 aromatic carbocycles. The van der Waals surface area contributed by atoms with E-state index in [-0.39, 0.29) is 5.91 Å². The number of imidazole rings is 1. The van der Waals surface area contributed by atoms with Gasteiger partial charge in [0.25, 0.3) is 0 Å². The summed E-state index contributed by atoms with van der Waals surface area (Å²) in [5.41, 5.74) is 3.18. The molecule has 0 spiro atoms. The molecule has 0 radical (unpaired) electrons. The van der Waals surface area contributed by atoms with Gasteiger partial charge in [0.05, 0.1) is 17.4 Å². The van der Waals surface area contributed by atoms with E-state index in [0.717, 1.165) is 16.6 Å². The Morgan fingerprint density at radius 2 is 1.82 bits per heavy atom. The average Bonchev–Trinajstić information content (AvgIpc) is 2.97. The van der Waals surface area contributed by atoms with Crippen molar-refractivity contribution in [2.75, 3.05) is 7.05 Å². The molecule has 112 valence electrons. The summed E-state index contributed by atoms with van der Waals surface area (Å²) in [7, 11) is 1.85. The lowest BCUT2D eigenvalue weighted by Gasteiger charge is -2.17. The summed E-state index contributed by atoms with van der Waals surface area (Å²) in [6, 6.07) is 18.0. The lowest BCUT2D eigenvalue weighted by Crippen LogP contribution is -2.26. The Hall–Kier alpha value is -2.62. The maximum absolute atomic E-state index is 12.3. The van der Waals surface area contributed by atoms with Crippen molar-refractivity contribution < 1.29 is 4.79 Å². The van der Waals surface area contributed by atoms with Crippen molar-refractivity contribution in [1.82, 2.24) is 14.5 Å². The predicted octanol–water partition coefficient (Wildman–Crippen LogP) is 3.09. The van der Waals surface area contributed by atoms with Gasteiger partial charge in [0.15, 0.2) is 0 Å². The van der Waals surface area contributed by atoms with Crippen molar-refractivity contribution in [1.29, 1.82) is 0 Å². The Bertz CT molecular complexity index is 764. The van der Waals surface area contributed by atoms with Gasteiger partial charge in [0.1, 0.15) is 0 Å². The first-order valence-electron chi connectivity index (χ1n) is 7.42. The monoisotopic (exact) mass is 293 g/mol. The van der Waals surface area contributed by atoms with Gasteiger partial charge in [-0.1, -0.05) is 42.5 Å². The summed E-state index contributed by atoms with van der Waals surface area (Å²) in [5.74, 6) is 0.140. The normalized spacial score (nSPS) is 10.8. The number of aromatic nitrogens is 2. The highest BCUT2D eigenvalue weighted by molar-refractivity contribution is 5.77. The highest BCUT2D eigenvalue weighted by atomic mass is 16.2. The fourth-order valence-corrected chi connectivity index (χ4v) is 2.54. The zero-order valence-corrected chi connectivity index (χ0v) is 12.6. The molecule has 0 aliphatic carbocycles. The number of amides is 1. The second-order valence-corrected chi connectivity index (χ2v) is 5.41. The number of fused-ring (bicyclic) bond motifs is 1. The van der Waals surface area contributed by atoms with E-state index < -0.39 is 0 Å². The molecule has 3 aromatic rings. The van der Waals surface area contributed by atoms with Gasteiger partial charge < -0.3 is 9.47 Å². The lowest BCUT2D eigenvalue weighted by molar-refractivity contribution is -0.130. The molecular formula is C18H19N3O. The van der Waals surface area contributed by atoms with E-state index in [1.807, 2.05) is 66.2 Å². The molecule has 4 heteroatoms. The number of aryl methyl sites for hydroxylation is 1. The highest BCUT2D eigenvalue weighted by Gasteiger charge is 2.10. The number of nitrogens with zero attached hydrogens (tertiary/aromatic N) is 3. The molecule has 4 nitrogen and oxygen atoms in total. The Kier molecular flexibility index (Phi) is 4.19. The minimum Gasteiger partial charge on any atom is -0.341 e. The van der Waals surface area contributed by atoms with E-state index in [1.165, 1.54) is 0 Å². The molecule has 1 aromatic heterocycles. The number of carbonyl (C=O) groups excluding carboxylic acids is 1. The largest absolute Gasteiger partial charge is 0.341 e. The molecule has 0 atom stereocenters. The standard InChI is InChI=1S/C18H19N3O/c1-20(13-15-7-3-2-4-8-15)18(22)11-12-21-14-19-16-9-5-6-10-17(16)21/h2-10,14H,11-13H2,1H3. The molecule has 0 saturated heterocycles. The van der Waals surface area contributed by atoms with Crippen molar-refractivity contribution in [3.8, 4) is 0 Å². The Morgan fingerprint density at radius 1 is 1.09 bits per heavy atom. The van der Waals surface area contributed by atoms with E-state index in [0.29, 0.717) is 19.5 Å². The third-order valence-electron chi connectivity index (χ3n) is 3.78. The molecule has 0 aliphatic heterocycles. The summed E-state index contributed by atoms with van der Waals surface area (Å²) in [4.78, 5) is 18.4. The fraction of sp³-hybridized carbons (Fsp3) is 0.222. The first-order chi connectivity index (χ1) is 10.7. The van der Waals surface area contributed by atoms with Crippen molar-refractivity contribution in [2.45, 2.75) is 19.5 Å². The van der Waals surface area contributed by atoms with Crippen LogP contribution in [-0.4, -0.2) is 27.4 Å². The van der Waals surface area contributed by atoms with E-state index in [1.54, 1.807) is 11.2 Å². The van der Waals surface area contributed by atoms with Gasteiger partial charge in [-0.2, -0.15) is 0 Å². The van der Waals surface area contributed by atoms with E-state index >= 15 is 0 Å². The zero-order chi connectivity index (χ0) is 15.4. The number of hydrogen-bond donors (Lipinski definition) is 0. The molecular weight excluding hydrogens is 274 g/mol. The number of hydrogen-bond acceptors (Lipinski definition) is 2. The van der Waals surface area contributed by atoms with Crippen LogP contribution < -0.4 is 0 Å². The SMILES string of the molecule is CN(Cc1ccccc1)C(=O)CCn1cnc2ccccc21. The third kappa shape index (κ3) is 3.17. The lowest BCUT2D eigenvalue weighted by atomic mass is 10.2. The third-order valence-corrected chi connectivity index (χ3v) is 3.78. The molecule has 3 rings (SSSR count). The number of rotatable bonds is 5. The van der Waals surface area contributed by atoms with Gasteiger partial charge in [-0.05, 0) is 17.7 Å². The Morgan fingerprint density at radius 3 is 2.64 bits per heavy atom. The van der Waals surface area contributed by atoms with Gasteiger partial charge in [0, 0.05) is 26.6 Å². The van der Waals surface area contributed by atoms with E-state index in [9.17, 15) is 4.79 Å². The van der Waals surface area contributed by atoms with Crippen molar-refractivity contribution in [3.63, 3.8) is 0 Å². The van der Waals surface area contributed by atoms with E-state index in [2.05, 4.69) is 4.98 Å². The van der Waals surface area contributed by atoms with Crippen molar-refractivity contribution >= 4 is 16.9 Å². The summed E-state index contributed by atoms with van der Waals surface area (Å²) >= 11 is 0. The number of benzene rings is 2. The van der Waals surface area contributed by atoms with Crippen LogP contribution in [0.2, 0.25) is 0 Å². The van der Waals surface area contributed by atoms with Gasteiger partial charge in [-0.3, -0.25) is 4.79 Å². The highest BCUT2D eigenvalue weighted by Crippen LogP contribution is 2.12. The molecule has 0 saturated carbocycles. The minimum absolute atomic E-state index is 0.140. The minimum atomic E-state index is 0.140. The van der Waals surface area contributed by atoms with Crippen LogP contribution in [0.3, 0.4) is 0 Å². The number of carbonyl (C=O) groups is 1. The summed E-state index contributed by atoms with van der Waals surface area (Å²) in [6.45, 7) is 1.29. The number of para-hydroxylation sites is 2. The smallest absolute Gasteiger partial charge is 0.224 e. The Labute approximate surface area is 130 Å². The second-order valence-electron chi connectivity index (χ2n) is 5.41. The van der Waals surface area contributed by atoms with Gasteiger partial charge in [-0.25, -0.2) is 4.98 Å². The zero-order valence-electron chi connectivity index (χ0n) is 12.6. The quantitative estimate of drug-likeness (QED) is 0.725. The molecule has 0 fully saturated rings. The summed E-state index contributed by atoms with van der Waals surface area (Å²) < 4.78 is 2.03. The molecule has 0 bridgehead atoms. The van der Waals surface area contributed by atoms with Crippen LogP contribution in [0.4, 0.5) is 0 Å². The van der Waals surface area contributed by atoms with Gasteiger partial charge >= 0.3 is 0 Å². The average molecular weight is 293 g/mol. The molecule has 1 amide bonds.